The highest BCUT2D eigenvalue weighted by atomic mass is 32.2. The standard InChI is InChI=1S/C33H45N5O9S/c1-32(2,3)47-30(42)34-25-15-9-7-5-6-8-14-23-17-33(23,29(41)36-48(4,44)45)35-27(39)26-16-24(20-38(26)28(25)40)46-31(43)37-18-21-12-10-11-13-22(21)19-37/h8,10-14,23-26H,5-7,9,15-20H2,1-4H3,(H,34,42)(H,35,39)(H,36,41)/b14-8+/t23-,24-,25+,26+,33-/m1/s1. The fraction of sp³-hybridized carbons (Fsp3) is 0.606. The average Bonchev–Trinajstić information content (AvgIpc) is 3.30. The maximum atomic E-state index is 14.2. The Morgan fingerprint density at radius 2 is 1.73 bits per heavy atom. The SMILES string of the molecule is CC(C)(C)OC(=O)N[C@H]1CCCCC/C=C/[C@@H]2C[C@@]2(C(=O)NS(C)(=O)=O)NC(=O)[C@@H]2C[C@@H](OC(=O)N3Cc4ccccc4C3)CN2C1=O. The zero-order valence-electron chi connectivity index (χ0n) is 27.8. The molecule has 262 valence electrons. The van der Waals surface area contributed by atoms with E-state index in [0.29, 0.717) is 25.9 Å². The Hall–Kier alpha value is -4.14. The lowest BCUT2D eigenvalue weighted by Gasteiger charge is -2.30. The van der Waals surface area contributed by atoms with E-state index in [1.807, 2.05) is 41.1 Å². The maximum absolute atomic E-state index is 14.2. The molecular weight excluding hydrogens is 642 g/mol. The molecule has 0 aromatic heterocycles. The van der Waals surface area contributed by atoms with Crippen LogP contribution >= 0.6 is 0 Å². The van der Waals surface area contributed by atoms with Gasteiger partial charge >= 0.3 is 12.2 Å². The molecule has 5 rings (SSSR count). The number of carbonyl (C=O) groups is 5. The molecule has 0 bridgehead atoms. The molecule has 1 aromatic rings. The van der Waals surface area contributed by atoms with Crippen LogP contribution in [-0.2, 0) is 47.0 Å². The highest BCUT2D eigenvalue weighted by Gasteiger charge is 2.61. The summed E-state index contributed by atoms with van der Waals surface area (Å²) in [6.45, 7) is 5.72. The third kappa shape index (κ3) is 8.47. The van der Waals surface area contributed by atoms with E-state index in [2.05, 4.69) is 10.6 Å². The minimum atomic E-state index is -3.93. The molecule has 0 spiro atoms. The van der Waals surface area contributed by atoms with Crippen LogP contribution in [0.3, 0.4) is 0 Å². The van der Waals surface area contributed by atoms with Crippen LogP contribution < -0.4 is 15.4 Å². The molecule has 5 amide bonds. The summed E-state index contributed by atoms with van der Waals surface area (Å²) >= 11 is 0. The Labute approximate surface area is 281 Å². The Bertz CT molecular complexity index is 1560. The molecule has 3 N–H and O–H groups in total. The van der Waals surface area contributed by atoms with Crippen molar-refractivity contribution < 1.29 is 41.9 Å². The number of nitrogens with one attached hydrogen (secondary N) is 3. The lowest BCUT2D eigenvalue weighted by atomic mass is 10.0. The number of nitrogens with zero attached hydrogens (tertiary/aromatic N) is 2. The molecule has 0 unspecified atom stereocenters. The van der Waals surface area contributed by atoms with Gasteiger partial charge in [-0.3, -0.25) is 24.0 Å². The molecular formula is C33H45N5O9S. The lowest BCUT2D eigenvalue weighted by Crippen LogP contribution is -2.58. The smallest absolute Gasteiger partial charge is 0.410 e. The first kappa shape index (κ1) is 35.2. The van der Waals surface area contributed by atoms with Gasteiger partial charge in [-0.1, -0.05) is 49.3 Å². The summed E-state index contributed by atoms with van der Waals surface area (Å²) in [4.78, 5) is 70.4. The number of rotatable bonds is 4. The summed E-state index contributed by atoms with van der Waals surface area (Å²) < 4.78 is 37.2. The van der Waals surface area contributed by atoms with Crippen LogP contribution in [0.4, 0.5) is 9.59 Å². The fourth-order valence-corrected chi connectivity index (χ4v) is 7.07. The molecule has 0 radical (unpaired) electrons. The summed E-state index contributed by atoms with van der Waals surface area (Å²) in [6.07, 6.45) is 5.53. The number of alkyl carbamates (subject to hydrolysis) is 1. The average molecular weight is 688 g/mol. The van der Waals surface area contributed by atoms with Gasteiger partial charge < -0.3 is 25.0 Å². The van der Waals surface area contributed by atoms with Gasteiger partial charge in [0.1, 0.15) is 29.3 Å². The second-order valence-corrected chi connectivity index (χ2v) is 15.9. The van der Waals surface area contributed by atoms with Gasteiger partial charge in [0.2, 0.25) is 21.8 Å². The minimum Gasteiger partial charge on any atom is -0.444 e. The Kier molecular flexibility index (Phi) is 10.1. The van der Waals surface area contributed by atoms with Crippen LogP contribution in [0, 0.1) is 5.92 Å². The largest absolute Gasteiger partial charge is 0.444 e. The quantitative estimate of drug-likeness (QED) is 0.401. The van der Waals surface area contributed by atoms with Gasteiger partial charge in [0, 0.05) is 25.4 Å². The fourth-order valence-electron chi connectivity index (χ4n) is 6.55. The highest BCUT2D eigenvalue weighted by Crippen LogP contribution is 2.45. The summed E-state index contributed by atoms with van der Waals surface area (Å²) in [5, 5.41) is 5.43. The van der Waals surface area contributed by atoms with Crippen LogP contribution in [0.5, 0.6) is 0 Å². The highest BCUT2D eigenvalue weighted by molar-refractivity contribution is 7.89. The molecule has 2 fully saturated rings. The number of sulfonamides is 1. The number of ether oxygens (including phenoxy) is 2. The number of benzene rings is 1. The van der Waals surface area contributed by atoms with E-state index in [1.165, 1.54) is 4.90 Å². The van der Waals surface area contributed by atoms with Crippen molar-refractivity contribution in [3.05, 3.63) is 47.5 Å². The van der Waals surface area contributed by atoms with Gasteiger partial charge in [0.25, 0.3) is 5.91 Å². The molecule has 14 nitrogen and oxygen atoms in total. The monoisotopic (exact) mass is 687 g/mol. The second kappa shape index (κ2) is 13.8. The molecule has 1 saturated carbocycles. The topological polar surface area (TPSA) is 181 Å². The minimum absolute atomic E-state index is 0.0620. The Balaban J connectivity index is 1.40. The molecule has 1 aromatic carbocycles. The van der Waals surface area contributed by atoms with Gasteiger partial charge in [-0.15, -0.1) is 0 Å². The van der Waals surface area contributed by atoms with Crippen molar-refractivity contribution >= 4 is 39.9 Å². The van der Waals surface area contributed by atoms with E-state index in [9.17, 15) is 32.4 Å². The third-order valence-corrected chi connectivity index (χ3v) is 9.54. The van der Waals surface area contributed by atoms with E-state index in [1.54, 1.807) is 25.7 Å². The molecule has 5 atom stereocenters. The molecule has 4 aliphatic rings. The number of hydrogen-bond donors (Lipinski definition) is 3. The van der Waals surface area contributed by atoms with E-state index in [0.717, 1.165) is 30.2 Å². The van der Waals surface area contributed by atoms with Crippen molar-refractivity contribution in [1.29, 1.82) is 0 Å². The number of fused-ring (bicyclic) bond motifs is 3. The van der Waals surface area contributed by atoms with Gasteiger partial charge in [-0.05, 0) is 57.6 Å². The molecule has 1 aliphatic carbocycles. The van der Waals surface area contributed by atoms with Gasteiger partial charge in [0.15, 0.2) is 0 Å². The predicted octanol–water partition coefficient (Wildman–Crippen LogP) is 2.47. The Morgan fingerprint density at radius 1 is 1.04 bits per heavy atom. The molecule has 15 heteroatoms. The van der Waals surface area contributed by atoms with Crippen molar-refractivity contribution in [3.8, 4) is 0 Å². The van der Waals surface area contributed by atoms with Crippen molar-refractivity contribution in [2.45, 2.75) is 108 Å². The first-order valence-corrected chi connectivity index (χ1v) is 18.3. The van der Waals surface area contributed by atoms with Crippen molar-refractivity contribution in [2.75, 3.05) is 12.8 Å². The van der Waals surface area contributed by atoms with Gasteiger partial charge in [-0.2, -0.15) is 0 Å². The summed E-state index contributed by atoms with van der Waals surface area (Å²) in [6, 6.07) is 5.45. The first-order chi connectivity index (χ1) is 22.5. The summed E-state index contributed by atoms with van der Waals surface area (Å²) in [5.41, 5.74) is -0.337. The third-order valence-electron chi connectivity index (χ3n) is 8.98. The number of amides is 5. The predicted molar refractivity (Wildman–Crippen MR) is 173 cm³/mol. The zero-order chi connectivity index (χ0) is 34.9. The molecule has 48 heavy (non-hydrogen) atoms. The normalized spacial score (nSPS) is 28.4. The van der Waals surface area contributed by atoms with E-state index >= 15 is 0 Å². The number of allylic oxidation sites excluding steroid dienone is 1. The van der Waals surface area contributed by atoms with Crippen molar-refractivity contribution in [1.82, 2.24) is 25.2 Å². The van der Waals surface area contributed by atoms with Crippen LogP contribution in [0.25, 0.3) is 0 Å². The number of carbonyl (C=O) groups excluding carboxylic acids is 5. The van der Waals surface area contributed by atoms with Gasteiger partial charge in [0.05, 0.1) is 12.8 Å². The summed E-state index contributed by atoms with van der Waals surface area (Å²) in [5.74, 6) is -2.57. The van der Waals surface area contributed by atoms with Crippen molar-refractivity contribution in [3.63, 3.8) is 0 Å². The lowest BCUT2D eigenvalue weighted by molar-refractivity contribution is -0.141. The van der Waals surface area contributed by atoms with E-state index in [-0.39, 0.29) is 25.8 Å². The zero-order valence-corrected chi connectivity index (χ0v) is 28.6. The first-order valence-electron chi connectivity index (χ1n) is 16.4. The summed E-state index contributed by atoms with van der Waals surface area (Å²) in [7, 11) is -3.93. The molecule has 1 saturated heterocycles. The van der Waals surface area contributed by atoms with Crippen LogP contribution in [0.2, 0.25) is 0 Å². The maximum Gasteiger partial charge on any atom is 0.410 e. The van der Waals surface area contributed by atoms with Gasteiger partial charge in [-0.25, -0.2) is 18.0 Å². The molecule has 3 aliphatic heterocycles. The van der Waals surface area contributed by atoms with Crippen LogP contribution in [-0.4, -0.2) is 90.3 Å². The van der Waals surface area contributed by atoms with Crippen molar-refractivity contribution in [2.24, 2.45) is 5.92 Å². The van der Waals surface area contributed by atoms with Crippen LogP contribution in [0.15, 0.2) is 36.4 Å². The van der Waals surface area contributed by atoms with Crippen LogP contribution in [0.1, 0.15) is 76.8 Å². The van der Waals surface area contributed by atoms with E-state index in [4.69, 9.17) is 9.47 Å². The molecule has 3 heterocycles. The Morgan fingerprint density at radius 3 is 2.38 bits per heavy atom. The second-order valence-electron chi connectivity index (χ2n) is 14.1. The van der Waals surface area contributed by atoms with E-state index < -0.39 is 75.2 Å². The number of hydrogen-bond acceptors (Lipinski definition) is 9.